The summed E-state index contributed by atoms with van der Waals surface area (Å²) in [5, 5.41) is 0.960. The van der Waals surface area contributed by atoms with Crippen molar-refractivity contribution < 1.29 is 9.53 Å². The molecule has 0 N–H and O–H groups in total. The Labute approximate surface area is 105 Å². The van der Waals surface area contributed by atoms with Gasteiger partial charge >= 0.3 is 0 Å². The molecule has 3 heteroatoms. The van der Waals surface area contributed by atoms with Gasteiger partial charge in [-0.15, -0.1) is 0 Å². The molecular formula is C13H17BrO2. The fraction of sp³-hybridized carbons (Fsp3) is 0.462. The van der Waals surface area contributed by atoms with Gasteiger partial charge in [-0.1, -0.05) is 15.9 Å². The molecule has 0 bridgehead atoms. The van der Waals surface area contributed by atoms with Gasteiger partial charge in [0.15, 0.2) is 5.78 Å². The summed E-state index contributed by atoms with van der Waals surface area (Å²) < 4.78 is 5.11. The van der Waals surface area contributed by atoms with E-state index in [-0.39, 0.29) is 5.78 Å². The molecule has 0 atom stereocenters. The number of unbranched alkanes of at least 4 members (excludes halogenated alkanes) is 1. The Balaban J connectivity index is 2.68. The van der Waals surface area contributed by atoms with E-state index in [2.05, 4.69) is 15.9 Å². The number of hydrogen-bond donors (Lipinski definition) is 0. The van der Waals surface area contributed by atoms with Gasteiger partial charge in [0.1, 0.15) is 5.75 Å². The highest BCUT2D eigenvalue weighted by Gasteiger charge is 2.09. The van der Waals surface area contributed by atoms with Crippen LogP contribution in [0.2, 0.25) is 0 Å². The molecule has 0 heterocycles. The molecule has 2 nitrogen and oxygen atoms in total. The number of rotatable bonds is 6. The van der Waals surface area contributed by atoms with E-state index in [0.29, 0.717) is 6.42 Å². The first-order valence-corrected chi connectivity index (χ1v) is 6.55. The molecule has 0 aliphatic rings. The van der Waals surface area contributed by atoms with Crippen molar-refractivity contribution in [2.75, 3.05) is 12.4 Å². The van der Waals surface area contributed by atoms with E-state index in [1.165, 1.54) is 0 Å². The maximum Gasteiger partial charge on any atom is 0.163 e. The standard InChI is InChI=1S/C13H17BrO2/c1-10-9-11(16-2)6-7-12(10)13(15)5-3-4-8-14/h6-7,9H,3-5,8H2,1-2H3. The molecule has 0 amide bonds. The molecule has 0 fully saturated rings. The molecule has 0 saturated carbocycles. The van der Waals surface area contributed by atoms with Gasteiger partial charge in [0.05, 0.1) is 7.11 Å². The summed E-state index contributed by atoms with van der Waals surface area (Å²) in [6, 6.07) is 5.59. The number of benzene rings is 1. The van der Waals surface area contributed by atoms with Gasteiger partial charge in [0.2, 0.25) is 0 Å². The third-order valence-electron chi connectivity index (χ3n) is 2.52. The van der Waals surface area contributed by atoms with Crippen molar-refractivity contribution in [3.8, 4) is 5.75 Å². The molecule has 16 heavy (non-hydrogen) atoms. The van der Waals surface area contributed by atoms with Crippen LogP contribution in [0.5, 0.6) is 5.75 Å². The van der Waals surface area contributed by atoms with Gasteiger partial charge in [0.25, 0.3) is 0 Å². The number of ether oxygens (including phenoxy) is 1. The zero-order chi connectivity index (χ0) is 12.0. The van der Waals surface area contributed by atoms with Crippen LogP contribution >= 0.6 is 15.9 Å². The zero-order valence-electron chi connectivity index (χ0n) is 9.75. The lowest BCUT2D eigenvalue weighted by Gasteiger charge is -2.06. The molecule has 1 aromatic carbocycles. The Morgan fingerprint density at radius 1 is 1.38 bits per heavy atom. The topological polar surface area (TPSA) is 26.3 Å². The number of halogens is 1. The van der Waals surface area contributed by atoms with Gasteiger partial charge in [-0.3, -0.25) is 4.79 Å². The molecule has 1 rings (SSSR count). The van der Waals surface area contributed by atoms with Crippen molar-refractivity contribution in [3.63, 3.8) is 0 Å². The largest absolute Gasteiger partial charge is 0.497 e. The highest BCUT2D eigenvalue weighted by Crippen LogP contribution is 2.18. The Hall–Kier alpha value is -0.830. The quantitative estimate of drug-likeness (QED) is 0.452. The number of carbonyl (C=O) groups is 1. The smallest absolute Gasteiger partial charge is 0.163 e. The highest BCUT2D eigenvalue weighted by molar-refractivity contribution is 9.09. The van der Waals surface area contributed by atoms with Crippen molar-refractivity contribution in [2.24, 2.45) is 0 Å². The summed E-state index contributed by atoms with van der Waals surface area (Å²) in [4.78, 5) is 11.9. The van der Waals surface area contributed by atoms with E-state index in [0.717, 1.165) is 35.0 Å². The van der Waals surface area contributed by atoms with Crippen molar-refractivity contribution >= 4 is 21.7 Å². The minimum atomic E-state index is 0.223. The molecule has 1 aromatic rings. The van der Waals surface area contributed by atoms with Gasteiger partial charge in [-0.25, -0.2) is 0 Å². The van der Waals surface area contributed by atoms with E-state index >= 15 is 0 Å². The van der Waals surface area contributed by atoms with Gasteiger partial charge in [-0.2, -0.15) is 0 Å². The number of ketones is 1. The average Bonchev–Trinajstić information content (AvgIpc) is 2.29. The maximum absolute atomic E-state index is 11.9. The molecule has 0 spiro atoms. The van der Waals surface area contributed by atoms with E-state index in [1.807, 2.05) is 25.1 Å². The third kappa shape index (κ3) is 3.63. The minimum Gasteiger partial charge on any atom is -0.497 e. The first-order valence-electron chi connectivity index (χ1n) is 5.43. The predicted molar refractivity (Wildman–Crippen MR) is 69.7 cm³/mol. The molecule has 0 radical (unpaired) electrons. The van der Waals surface area contributed by atoms with Crippen LogP contribution < -0.4 is 4.74 Å². The van der Waals surface area contributed by atoms with E-state index in [9.17, 15) is 4.79 Å². The maximum atomic E-state index is 11.9. The summed E-state index contributed by atoms with van der Waals surface area (Å²) in [6.45, 7) is 1.94. The Morgan fingerprint density at radius 3 is 2.69 bits per heavy atom. The number of alkyl halides is 1. The van der Waals surface area contributed by atoms with Gasteiger partial charge in [0, 0.05) is 17.3 Å². The fourth-order valence-electron chi connectivity index (χ4n) is 1.59. The summed E-state index contributed by atoms with van der Waals surface area (Å²) in [5.41, 5.74) is 1.80. The summed E-state index contributed by atoms with van der Waals surface area (Å²) in [7, 11) is 1.63. The number of Topliss-reactive ketones (excluding diaryl/α,β-unsaturated/α-hetero) is 1. The zero-order valence-corrected chi connectivity index (χ0v) is 11.3. The first kappa shape index (κ1) is 13.2. The molecule has 88 valence electrons. The fourth-order valence-corrected chi connectivity index (χ4v) is 1.99. The third-order valence-corrected chi connectivity index (χ3v) is 3.08. The second-order valence-corrected chi connectivity index (χ2v) is 4.54. The molecular weight excluding hydrogens is 268 g/mol. The molecule has 0 aromatic heterocycles. The monoisotopic (exact) mass is 284 g/mol. The lowest BCUT2D eigenvalue weighted by Crippen LogP contribution is -2.02. The molecule has 0 aliphatic heterocycles. The van der Waals surface area contributed by atoms with E-state index < -0.39 is 0 Å². The van der Waals surface area contributed by atoms with Crippen molar-refractivity contribution in [3.05, 3.63) is 29.3 Å². The highest BCUT2D eigenvalue weighted by atomic mass is 79.9. The Morgan fingerprint density at radius 2 is 2.12 bits per heavy atom. The van der Waals surface area contributed by atoms with Crippen LogP contribution in [-0.2, 0) is 0 Å². The van der Waals surface area contributed by atoms with E-state index in [4.69, 9.17) is 4.74 Å². The molecule has 0 saturated heterocycles. The lowest BCUT2D eigenvalue weighted by molar-refractivity contribution is 0.0979. The van der Waals surface area contributed by atoms with E-state index in [1.54, 1.807) is 7.11 Å². The number of carbonyl (C=O) groups excluding carboxylic acids is 1. The second-order valence-electron chi connectivity index (χ2n) is 3.75. The van der Waals surface area contributed by atoms with Crippen LogP contribution in [0.25, 0.3) is 0 Å². The lowest BCUT2D eigenvalue weighted by atomic mass is 10.0. The predicted octanol–water partition coefficient (Wildman–Crippen LogP) is 3.75. The number of hydrogen-bond acceptors (Lipinski definition) is 2. The molecule has 0 unspecified atom stereocenters. The van der Waals surface area contributed by atoms with Gasteiger partial charge < -0.3 is 4.74 Å². The van der Waals surface area contributed by atoms with Crippen LogP contribution in [0.1, 0.15) is 35.2 Å². The average molecular weight is 285 g/mol. The van der Waals surface area contributed by atoms with Crippen molar-refractivity contribution in [2.45, 2.75) is 26.2 Å². The van der Waals surface area contributed by atoms with Crippen molar-refractivity contribution in [1.29, 1.82) is 0 Å². The SMILES string of the molecule is COc1ccc(C(=O)CCCCBr)c(C)c1. The molecule has 0 aliphatic carbocycles. The van der Waals surface area contributed by atoms with Crippen LogP contribution in [0, 0.1) is 6.92 Å². The van der Waals surface area contributed by atoms with Crippen LogP contribution in [0.15, 0.2) is 18.2 Å². The second kappa shape index (κ2) is 6.69. The Bertz CT molecular complexity index is 361. The summed E-state index contributed by atoms with van der Waals surface area (Å²) >= 11 is 3.36. The number of aryl methyl sites for hydroxylation is 1. The van der Waals surface area contributed by atoms with Gasteiger partial charge in [-0.05, 0) is 43.5 Å². The summed E-state index contributed by atoms with van der Waals surface area (Å²) in [6.07, 6.45) is 2.61. The normalized spacial score (nSPS) is 10.2. The van der Waals surface area contributed by atoms with Crippen molar-refractivity contribution in [1.82, 2.24) is 0 Å². The van der Waals surface area contributed by atoms with Crippen LogP contribution in [0.3, 0.4) is 0 Å². The Kier molecular flexibility index (Phi) is 5.53. The number of methoxy groups -OCH3 is 1. The van der Waals surface area contributed by atoms with Crippen LogP contribution in [-0.4, -0.2) is 18.2 Å². The van der Waals surface area contributed by atoms with Crippen LogP contribution in [0.4, 0.5) is 0 Å². The summed E-state index contributed by atoms with van der Waals surface area (Å²) in [5.74, 6) is 1.02. The minimum absolute atomic E-state index is 0.223. The first-order chi connectivity index (χ1) is 7.69.